The molecule has 0 saturated carbocycles. The number of benzene rings is 1. The van der Waals surface area contributed by atoms with E-state index in [2.05, 4.69) is 46.7 Å². The molecule has 0 bridgehead atoms. The summed E-state index contributed by atoms with van der Waals surface area (Å²) in [6, 6.07) is 8.51. The van der Waals surface area contributed by atoms with Gasteiger partial charge in [0, 0.05) is 36.3 Å². The Hall–Kier alpha value is -1.32. The molecule has 1 aromatic carbocycles. The summed E-state index contributed by atoms with van der Waals surface area (Å²) in [5, 5.41) is 11.0. The van der Waals surface area contributed by atoms with E-state index in [9.17, 15) is 0 Å². The largest absolute Gasteiger partial charge is 0.312 e. The van der Waals surface area contributed by atoms with Crippen molar-refractivity contribution in [3.8, 4) is 11.3 Å². The van der Waals surface area contributed by atoms with Crippen molar-refractivity contribution in [3.63, 3.8) is 0 Å². The van der Waals surface area contributed by atoms with E-state index < -0.39 is 0 Å². The van der Waals surface area contributed by atoms with E-state index in [1.54, 1.807) is 0 Å². The molecule has 17 heavy (non-hydrogen) atoms. The highest BCUT2D eigenvalue weighted by atomic mass is 35.5. The van der Waals surface area contributed by atoms with Crippen molar-refractivity contribution in [1.29, 1.82) is 0 Å². The summed E-state index contributed by atoms with van der Waals surface area (Å²) in [5.74, 6) is 0. The number of hydrogen-bond donors (Lipinski definition) is 2. The lowest BCUT2D eigenvalue weighted by Crippen LogP contribution is -2.23. The summed E-state index contributed by atoms with van der Waals surface area (Å²) < 4.78 is 0. The van der Waals surface area contributed by atoms with Gasteiger partial charge in [-0.15, -0.1) is 12.4 Å². The number of fused-ring (bicyclic) bond motifs is 1. The zero-order valence-electron chi connectivity index (χ0n) is 9.79. The van der Waals surface area contributed by atoms with Crippen LogP contribution in [0.5, 0.6) is 0 Å². The Labute approximate surface area is 107 Å². The van der Waals surface area contributed by atoms with Crippen LogP contribution in [0.25, 0.3) is 11.3 Å². The van der Waals surface area contributed by atoms with Gasteiger partial charge in [-0.1, -0.05) is 23.8 Å². The van der Waals surface area contributed by atoms with Crippen molar-refractivity contribution in [2.24, 2.45) is 0 Å². The number of H-pyrrole nitrogens is 1. The van der Waals surface area contributed by atoms with Gasteiger partial charge in [0.15, 0.2) is 0 Å². The van der Waals surface area contributed by atoms with Crippen molar-refractivity contribution >= 4 is 12.4 Å². The van der Waals surface area contributed by atoms with Crippen LogP contribution in [0.2, 0.25) is 0 Å². The predicted molar refractivity (Wildman–Crippen MR) is 71.4 cm³/mol. The summed E-state index contributed by atoms with van der Waals surface area (Å²) in [4.78, 5) is 0. The average molecular weight is 250 g/mol. The second-order valence-corrected chi connectivity index (χ2v) is 4.33. The normalized spacial score (nSPS) is 13.9. The topological polar surface area (TPSA) is 40.7 Å². The molecule has 0 radical (unpaired) electrons. The molecule has 2 aromatic rings. The van der Waals surface area contributed by atoms with Crippen LogP contribution in [-0.2, 0) is 13.0 Å². The summed E-state index contributed by atoms with van der Waals surface area (Å²) >= 11 is 0. The van der Waals surface area contributed by atoms with Gasteiger partial charge in [0.2, 0.25) is 0 Å². The Balaban J connectivity index is 0.00000108. The lowest BCUT2D eigenvalue weighted by atomic mass is 10.0. The van der Waals surface area contributed by atoms with E-state index in [0.29, 0.717) is 0 Å². The Kier molecular flexibility index (Phi) is 3.50. The van der Waals surface area contributed by atoms with Crippen molar-refractivity contribution < 1.29 is 0 Å². The van der Waals surface area contributed by atoms with Gasteiger partial charge >= 0.3 is 0 Å². The molecule has 0 atom stereocenters. The van der Waals surface area contributed by atoms with E-state index in [4.69, 9.17) is 0 Å². The molecule has 0 aliphatic carbocycles. The molecule has 1 aliphatic heterocycles. The third kappa shape index (κ3) is 2.21. The monoisotopic (exact) mass is 249 g/mol. The van der Waals surface area contributed by atoms with E-state index in [1.165, 1.54) is 22.4 Å². The lowest BCUT2D eigenvalue weighted by Gasteiger charge is -2.13. The minimum Gasteiger partial charge on any atom is -0.312 e. The fourth-order valence-corrected chi connectivity index (χ4v) is 2.26. The highest BCUT2D eigenvalue weighted by molar-refractivity contribution is 5.85. The molecular formula is C13H16ClN3. The highest BCUT2D eigenvalue weighted by Crippen LogP contribution is 2.26. The number of nitrogens with zero attached hydrogens (tertiary/aromatic N) is 1. The average Bonchev–Trinajstić information content (AvgIpc) is 2.72. The molecule has 3 nitrogen and oxygen atoms in total. The highest BCUT2D eigenvalue weighted by Gasteiger charge is 2.17. The van der Waals surface area contributed by atoms with Crippen LogP contribution < -0.4 is 5.32 Å². The standard InChI is InChI=1S/C13H15N3.ClH/c1-9-3-2-4-10(7-9)13-11-8-14-6-5-12(11)15-16-13;/h2-4,7,14H,5-6,8H2,1H3,(H,15,16);1H. The second kappa shape index (κ2) is 4.90. The molecule has 3 rings (SSSR count). The summed E-state index contributed by atoms with van der Waals surface area (Å²) in [5.41, 5.74) is 6.21. The van der Waals surface area contributed by atoms with Gasteiger partial charge in [-0.05, 0) is 13.0 Å². The van der Waals surface area contributed by atoms with Gasteiger partial charge in [0.1, 0.15) is 0 Å². The maximum atomic E-state index is 4.44. The molecule has 2 N–H and O–H groups in total. The number of hydrogen-bond acceptors (Lipinski definition) is 2. The van der Waals surface area contributed by atoms with Crippen molar-refractivity contribution in [2.75, 3.05) is 6.54 Å². The summed E-state index contributed by atoms with van der Waals surface area (Å²) in [7, 11) is 0. The first kappa shape index (κ1) is 12.1. The first-order valence-electron chi connectivity index (χ1n) is 5.68. The van der Waals surface area contributed by atoms with Gasteiger partial charge < -0.3 is 5.32 Å². The van der Waals surface area contributed by atoms with Crippen molar-refractivity contribution in [1.82, 2.24) is 15.5 Å². The van der Waals surface area contributed by atoms with Crippen LogP contribution in [0.3, 0.4) is 0 Å². The smallest absolute Gasteiger partial charge is 0.0968 e. The Morgan fingerprint density at radius 1 is 1.29 bits per heavy atom. The molecule has 0 unspecified atom stereocenters. The zero-order chi connectivity index (χ0) is 11.0. The molecule has 0 saturated heterocycles. The van der Waals surface area contributed by atoms with Gasteiger partial charge in [-0.25, -0.2) is 0 Å². The third-order valence-corrected chi connectivity index (χ3v) is 3.10. The van der Waals surface area contributed by atoms with Crippen LogP contribution >= 0.6 is 12.4 Å². The lowest BCUT2D eigenvalue weighted by molar-refractivity contribution is 0.637. The number of nitrogens with one attached hydrogen (secondary N) is 2. The number of aryl methyl sites for hydroxylation is 1. The minimum absolute atomic E-state index is 0. The van der Waals surface area contributed by atoms with Gasteiger partial charge in [0.05, 0.1) is 5.69 Å². The van der Waals surface area contributed by atoms with Crippen molar-refractivity contribution in [3.05, 3.63) is 41.1 Å². The molecule has 0 fully saturated rings. The summed E-state index contributed by atoms with van der Waals surface area (Å²) in [6.45, 7) is 4.08. The van der Waals surface area contributed by atoms with Crippen molar-refractivity contribution in [2.45, 2.75) is 19.9 Å². The van der Waals surface area contributed by atoms with Gasteiger partial charge in [-0.3, -0.25) is 5.10 Å². The van der Waals surface area contributed by atoms with Gasteiger partial charge in [0.25, 0.3) is 0 Å². The second-order valence-electron chi connectivity index (χ2n) is 4.33. The first-order valence-corrected chi connectivity index (χ1v) is 5.68. The SMILES string of the molecule is Cc1cccc(-c2n[nH]c3c2CNCC3)c1.Cl. The quantitative estimate of drug-likeness (QED) is 0.815. The van der Waals surface area contributed by atoms with Crippen LogP contribution in [0.15, 0.2) is 24.3 Å². The first-order chi connectivity index (χ1) is 7.84. The third-order valence-electron chi connectivity index (χ3n) is 3.10. The molecule has 4 heteroatoms. The Morgan fingerprint density at radius 2 is 2.18 bits per heavy atom. The maximum absolute atomic E-state index is 4.44. The molecule has 1 aliphatic rings. The maximum Gasteiger partial charge on any atom is 0.0968 e. The minimum atomic E-state index is 0. The zero-order valence-corrected chi connectivity index (χ0v) is 10.6. The predicted octanol–water partition coefficient (Wildman–Crippen LogP) is 2.45. The van der Waals surface area contributed by atoms with Crippen LogP contribution in [0.1, 0.15) is 16.8 Å². The van der Waals surface area contributed by atoms with E-state index in [0.717, 1.165) is 25.2 Å². The number of aromatic amines is 1. The molecule has 0 amide bonds. The number of aromatic nitrogens is 2. The fourth-order valence-electron chi connectivity index (χ4n) is 2.26. The molecule has 1 aromatic heterocycles. The van der Waals surface area contributed by atoms with Gasteiger partial charge in [-0.2, -0.15) is 5.10 Å². The molecule has 2 heterocycles. The Morgan fingerprint density at radius 3 is 3.00 bits per heavy atom. The van der Waals surface area contributed by atoms with E-state index >= 15 is 0 Å². The van der Waals surface area contributed by atoms with E-state index in [1.807, 2.05) is 0 Å². The number of halogens is 1. The molecule has 90 valence electrons. The van der Waals surface area contributed by atoms with E-state index in [-0.39, 0.29) is 12.4 Å². The van der Waals surface area contributed by atoms with Crippen LogP contribution in [0.4, 0.5) is 0 Å². The van der Waals surface area contributed by atoms with Crippen LogP contribution in [0, 0.1) is 6.92 Å². The summed E-state index contributed by atoms with van der Waals surface area (Å²) in [6.07, 6.45) is 1.05. The molecular weight excluding hydrogens is 234 g/mol. The Bertz CT molecular complexity index is 519. The molecule has 0 spiro atoms. The van der Waals surface area contributed by atoms with Crippen LogP contribution in [-0.4, -0.2) is 16.7 Å². The fraction of sp³-hybridized carbons (Fsp3) is 0.308. The number of rotatable bonds is 1.